The first-order chi connectivity index (χ1) is 16.3. The van der Waals surface area contributed by atoms with Crippen LogP contribution in [0.4, 0.5) is 0 Å². The third-order valence-electron chi connectivity index (χ3n) is 6.50. The van der Waals surface area contributed by atoms with E-state index >= 15 is 0 Å². The van der Waals surface area contributed by atoms with Crippen molar-refractivity contribution in [2.75, 3.05) is 33.3 Å². The van der Waals surface area contributed by atoms with Crippen LogP contribution < -0.4 is 5.32 Å². The van der Waals surface area contributed by atoms with E-state index in [-0.39, 0.29) is 6.10 Å². The van der Waals surface area contributed by atoms with Crippen LogP contribution in [-0.2, 0) is 24.4 Å². The van der Waals surface area contributed by atoms with Gasteiger partial charge in [0.05, 0.1) is 25.3 Å². The Labute approximate surface area is 195 Å². The van der Waals surface area contributed by atoms with Crippen molar-refractivity contribution in [2.45, 2.75) is 31.8 Å². The molecule has 2 aliphatic rings. The summed E-state index contributed by atoms with van der Waals surface area (Å²) in [6, 6.07) is 21.7. The molecule has 2 fully saturated rings. The average molecular weight is 445 g/mol. The number of rotatable bonds is 6. The molecule has 0 amide bonds. The van der Waals surface area contributed by atoms with Crippen molar-refractivity contribution >= 4 is 5.96 Å². The molecular formula is C26H32N6O. The Morgan fingerprint density at radius 3 is 2.70 bits per heavy atom. The minimum atomic E-state index is 0.221. The predicted molar refractivity (Wildman–Crippen MR) is 130 cm³/mol. The Hall–Kier alpha value is -3.16. The second-order valence-electron chi connectivity index (χ2n) is 8.76. The van der Waals surface area contributed by atoms with Crippen LogP contribution in [0.15, 0.2) is 78.0 Å². The SMILES string of the molecule is CN=C(NCc1cccc(Cn2cccn2)c1)N1CC2OCCN(Cc3ccccc3)C2C1. The van der Waals surface area contributed by atoms with Gasteiger partial charge in [-0.15, -0.1) is 0 Å². The second-order valence-corrected chi connectivity index (χ2v) is 8.76. The summed E-state index contributed by atoms with van der Waals surface area (Å²) in [6.07, 6.45) is 4.02. The molecule has 3 aromatic rings. The summed E-state index contributed by atoms with van der Waals surface area (Å²) in [5, 5.41) is 7.88. The summed E-state index contributed by atoms with van der Waals surface area (Å²) in [4.78, 5) is 9.48. The van der Waals surface area contributed by atoms with Crippen molar-refractivity contribution in [1.29, 1.82) is 0 Å². The molecule has 3 heterocycles. The van der Waals surface area contributed by atoms with Crippen molar-refractivity contribution in [2.24, 2.45) is 4.99 Å². The topological polar surface area (TPSA) is 57.9 Å². The van der Waals surface area contributed by atoms with Gasteiger partial charge in [-0.3, -0.25) is 14.6 Å². The largest absolute Gasteiger partial charge is 0.373 e. The van der Waals surface area contributed by atoms with Crippen LogP contribution in [0.5, 0.6) is 0 Å². The van der Waals surface area contributed by atoms with Crippen molar-refractivity contribution in [1.82, 2.24) is 24.9 Å². The van der Waals surface area contributed by atoms with Crippen molar-refractivity contribution < 1.29 is 4.74 Å². The highest BCUT2D eigenvalue weighted by Crippen LogP contribution is 2.24. The van der Waals surface area contributed by atoms with E-state index in [1.807, 2.05) is 30.2 Å². The maximum absolute atomic E-state index is 6.15. The minimum Gasteiger partial charge on any atom is -0.373 e. The number of morpholine rings is 1. The van der Waals surface area contributed by atoms with Crippen LogP contribution in [-0.4, -0.2) is 71.0 Å². The second kappa shape index (κ2) is 10.2. The molecule has 172 valence electrons. The number of fused-ring (bicyclic) bond motifs is 1. The number of aromatic nitrogens is 2. The van der Waals surface area contributed by atoms with Gasteiger partial charge in [-0.25, -0.2) is 0 Å². The Morgan fingerprint density at radius 1 is 1.03 bits per heavy atom. The molecule has 7 heteroatoms. The lowest BCUT2D eigenvalue weighted by atomic mass is 10.1. The van der Waals surface area contributed by atoms with Gasteiger partial charge < -0.3 is 15.0 Å². The summed E-state index contributed by atoms with van der Waals surface area (Å²) in [5.41, 5.74) is 3.83. The highest BCUT2D eigenvalue weighted by molar-refractivity contribution is 5.80. The maximum Gasteiger partial charge on any atom is 0.194 e. The smallest absolute Gasteiger partial charge is 0.194 e. The number of benzene rings is 2. The molecule has 33 heavy (non-hydrogen) atoms. The highest BCUT2D eigenvalue weighted by Gasteiger charge is 2.41. The van der Waals surface area contributed by atoms with Crippen molar-refractivity contribution in [3.05, 3.63) is 89.7 Å². The van der Waals surface area contributed by atoms with Gasteiger partial charge in [0.15, 0.2) is 5.96 Å². The standard InChI is InChI=1S/C26H32N6O/c1-27-26(28-16-22-9-5-10-23(15-22)18-32-12-6-11-29-32)31-19-24-25(20-31)33-14-13-30(24)17-21-7-3-2-4-8-21/h2-12,15,24-25H,13-14,16-20H2,1H3,(H,27,28). The molecule has 2 saturated heterocycles. The van der Waals surface area contributed by atoms with Crippen LogP contribution in [0.2, 0.25) is 0 Å². The molecule has 5 rings (SSSR count). The zero-order chi connectivity index (χ0) is 22.5. The first kappa shape index (κ1) is 21.7. The quantitative estimate of drug-likeness (QED) is 0.468. The Bertz CT molecular complexity index is 1050. The molecule has 2 atom stereocenters. The van der Waals surface area contributed by atoms with Gasteiger partial charge in [-0.2, -0.15) is 5.10 Å². The Kier molecular flexibility index (Phi) is 6.69. The molecular weight excluding hydrogens is 412 g/mol. The summed E-state index contributed by atoms with van der Waals surface area (Å²) in [6.45, 7) is 6.04. The molecule has 0 radical (unpaired) electrons. The lowest BCUT2D eigenvalue weighted by molar-refractivity contribution is -0.0502. The molecule has 1 N–H and O–H groups in total. The van der Waals surface area contributed by atoms with E-state index in [0.29, 0.717) is 6.04 Å². The molecule has 7 nitrogen and oxygen atoms in total. The lowest BCUT2D eigenvalue weighted by Gasteiger charge is -2.36. The monoisotopic (exact) mass is 444 g/mol. The molecule has 2 unspecified atom stereocenters. The normalized spacial score (nSPS) is 21.2. The van der Waals surface area contributed by atoms with Gasteiger partial charge in [0.1, 0.15) is 0 Å². The molecule has 0 bridgehead atoms. The number of nitrogens with zero attached hydrogens (tertiary/aromatic N) is 5. The fourth-order valence-electron chi connectivity index (χ4n) is 4.88. The molecule has 1 aromatic heterocycles. The summed E-state index contributed by atoms with van der Waals surface area (Å²) in [7, 11) is 1.86. The number of nitrogens with one attached hydrogen (secondary N) is 1. The first-order valence-corrected chi connectivity index (χ1v) is 11.7. The zero-order valence-corrected chi connectivity index (χ0v) is 19.2. The van der Waals surface area contributed by atoms with Crippen LogP contribution in [0.25, 0.3) is 0 Å². The van der Waals surface area contributed by atoms with Crippen LogP contribution >= 0.6 is 0 Å². The van der Waals surface area contributed by atoms with Gasteiger partial charge in [0.25, 0.3) is 0 Å². The Balaban J connectivity index is 1.20. The summed E-state index contributed by atoms with van der Waals surface area (Å²) in [5.74, 6) is 0.935. The van der Waals surface area contributed by atoms with Crippen molar-refractivity contribution in [3.8, 4) is 0 Å². The van der Waals surface area contributed by atoms with Gasteiger partial charge in [-0.05, 0) is 22.8 Å². The van der Waals surface area contributed by atoms with E-state index in [2.05, 4.69) is 79.8 Å². The summed E-state index contributed by atoms with van der Waals surface area (Å²) >= 11 is 0. The summed E-state index contributed by atoms with van der Waals surface area (Å²) < 4.78 is 8.09. The number of likely N-dealkylation sites (tertiary alicyclic amines) is 1. The molecule has 2 aromatic carbocycles. The molecule has 2 aliphatic heterocycles. The van der Waals surface area contributed by atoms with Crippen LogP contribution in [0, 0.1) is 0 Å². The van der Waals surface area contributed by atoms with Crippen LogP contribution in [0.3, 0.4) is 0 Å². The first-order valence-electron chi connectivity index (χ1n) is 11.7. The fraction of sp³-hybridized carbons (Fsp3) is 0.385. The highest BCUT2D eigenvalue weighted by atomic mass is 16.5. The third-order valence-corrected chi connectivity index (χ3v) is 6.50. The maximum atomic E-state index is 6.15. The Morgan fingerprint density at radius 2 is 1.88 bits per heavy atom. The lowest BCUT2D eigenvalue weighted by Crippen LogP contribution is -2.50. The van der Waals surface area contributed by atoms with E-state index < -0.39 is 0 Å². The molecule has 0 spiro atoms. The van der Waals surface area contributed by atoms with Gasteiger partial charge in [-0.1, -0.05) is 54.6 Å². The third kappa shape index (κ3) is 5.26. The van der Waals surface area contributed by atoms with Gasteiger partial charge >= 0.3 is 0 Å². The zero-order valence-electron chi connectivity index (χ0n) is 19.2. The van der Waals surface area contributed by atoms with E-state index in [1.54, 1.807) is 0 Å². The van der Waals surface area contributed by atoms with E-state index in [1.165, 1.54) is 16.7 Å². The van der Waals surface area contributed by atoms with E-state index in [0.717, 1.165) is 51.8 Å². The predicted octanol–water partition coefficient (Wildman–Crippen LogP) is 2.59. The fourth-order valence-corrected chi connectivity index (χ4v) is 4.88. The van der Waals surface area contributed by atoms with Gasteiger partial charge in [0.2, 0.25) is 0 Å². The number of aliphatic imine (C=N–C) groups is 1. The number of hydrogen-bond donors (Lipinski definition) is 1. The number of guanidine groups is 1. The molecule has 0 saturated carbocycles. The van der Waals surface area contributed by atoms with E-state index in [9.17, 15) is 0 Å². The average Bonchev–Trinajstić information content (AvgIpc) is 3.51. The molecule has 0 aliphatic carbocycles. The van der Waals surface area contributed by atoms with Crippen LogP contribution in [0.1, 0.15) is 16.7 Å². The number of hydrogen-bond acceptors (Lipinski definition) is 4. The minimum absolute atomic E-state index is 0.221. The number of ether oxygens (including phenoxy) is 1. The van der Waals surface area contributed by atoms with Gasteiger partial charge in [0, 0.05) is 52.2 Å². The van der Waals surface area contributed by atoms with Crippen molar-refractivity contribution in [3.63, 3.8) is 0 Å². The van der Waals surface area contributed by atoms with E-state index in [4.69, 9.17) is 4.74 Å².